The van der Waals surface area contributed by atoms with Gasteiger partial charge in [-0.15, -0.1) is 0 Å². The van der Waals surface area contributed by atoms with E-state index in [2.05, 4.69) is 13.8 Å². The van der Waals surface area contributed by atoms with E-state index in [1.807, 2.05) is 0 Å². The van der Waals surface area contributed by atoms with Crippen LogP contribution in [0.3, 0.4) is 0 Å². The third kappa shape index (κ3) is 4.33. The van der Waals surface area contributed by atoms with Crippen molar-refractivity contribution in [2.45, 2.75) is 103 Å². The molecule has 4 unspecified atom stereocenters. The predicted octanol–water partition coefficient (Wildman–Crippen LogP) is 7.12. The van der Waals surface area contributed by atoms with E-state index in [4.69, 9.17) is 0 Å². The van der Waals surface area contributed by atoms with E-state index in [0.717, 1.165) is 30.1 Å². The van der Waals surface area contributed by atoms with Gasteiger partial charge in [-0.1, -0.05) is 33.1 Å². The van der Waals surface area contributed by atoms with Crippen LogP contribution in [0.4, 0.5) is 8.78 Å². The van der Waals surface area contributed by atoms with Gasteiger partial charge in [-0.05, 0) is 93.3 Å². The molecule has 0 aromatic carbocycles. The molecule has 0 aromatic rings. The van der Waals surface area contributed by atoms with Gasteiger partial charge in [0.1, 0.15) is 12.3 Å². The predicted molar refractivity (Wildman–Crippen MR) is 97.5 cm³/mol. The Morgan fingerprint density at radius 1 is 0.708 bits per heavy atom. The molecule has 3 fully saturated rings. The summed E-state index contributed by atoms with van der Waals surface area (Å²) in [5.41, 5.74) is 0. The lowest BCUT2D eigenvalue weighted by Crippen LogP contribution is -2.34. The molecule has 2 heteroatoms. The molecule has 3 rings (SSSR count). The van der Waals surface area contributed by atoms with Crippen molar-refractivity contribution in [2.75, 3.05) is 0 Å². The minimum Gasteiger partial charge on any atom is -0.244 e. The van der Waals surface area contributed by atoms with Gasteiger partial charge in [0.15, 0.2) is 0 Å². The summed E-state index contributed by atoms with van der Waals surface area (Å²) in [6.45, 7) is 4.85. The lowest BCUT2D eigenvalue weighted by molar-refractivity contribution is 0.0455. The van der Waals surface area contributed by atoms with E-state index in [9.17, 15) is 8.78 Å². The minimum atomic E-state index is -1.19. The van der Waals surface area contributed by atoms with E-state index < -0.39 is 12.3 Å². The summed E-state index contributed by atoms with van der Waals surface area (Å²) in [6.07, 6.45) is 11.9. The Labute approximate surface area is 148 Å². The molecule has 0 bridgehead atoms. The average molecular weight is 341 g/mol. The van der Waals surface area contributed by atoms with Crippen LogP contribution in [0, 0.1) is 35.5 Å². The Bertz CT molecular complexity index is 366. The minimum absolute atomic E-state index is 0.461. The van der Waals surface area contributed by atoms with Crippen LogP contribution in [-0.4, -0.2) is 12.3 Å². The second kappa shape index (κ2) is 8.49. The molecule has 0 spiro atoms. The zero-order valence-electron chi connectivity index (χ0n) is 15.9. The van der Waals surface area contributed by atoms with Gasteiger partial charge in [0.2, 0.25) is 0 Å². The van der Waals surface area contributed by atoms with Crippen LogP contribution in [0.2, 0.25) is 0 Å². The first kappa shape index (κ1) is 18.6. The van der Waals surface area contributed by atoms with Gasteiger partial charge in [-0.3, -0.25) is 0 Å². The fourth-order valence-corrected chi connectivity index (χ4v) is 6.19. The second-order valence-corrected chi connectivity index (χ2v) is 9.33. The van der Waals surface area contributed by atoms with Crippen molar-refractivity contribution < 1.29 is 8.78 Å². The van der Waals surface area contributed by atoms with Crippen LogP contribution >= 0.6 is 0 Å². The van der Waals surface area contributed by atoms with Crippen LogP contribution < -0.4 is 0 Å². The first-order valence-corrected chi connectivity index (χ1v) is 10.9. The average Bonchev–Trinajstić information content (AvgIpc) is 2.63. The molecule has 0 aliphatic heterocycles. The number of hydrogen-bond acceptors (Lipinski definition) is 0. The molecule has 0 radical (unpaired) electrons. The van der Waals surface area contributed by atoms with Gasteiger partial charge in [-0.25, -0.2) is 8.78 Å². The van der Waals surface area contributed by atoms with E-state index >= 15 is 0 Å². The molecule has 0 saturated heterocycles. The maximum absolute atomic E-state index is 13.7. The SMILES string of the molecule is CCC1CCC(C(C)C2CCC(C3CCC(F)C(F)C3)CC2)CC1. The summed E-state index contributed by atoms with van der Waals surface area (Å²) in [6, 6.07) is 0. The highest BCUT2D eigenvalue weighted by Gasteiger charge is 2.38. The Morgan fingerprint density at radius 2 is 1.25 bits per heavy atom. The van der Waals surface area contributed by atoms with Gasteiger partial charge >= 0.3 is 0 Å². The van der Waals surface area contributed by atoms with Gasteiger partial charge < -0.3 is 0 Å². The molecule has 0 nitrogen and oxygen atoms in total. The summed E-state index contributed by atoms with van der Waals surface area (Å²) in [7, 11) is 0. The topological polar surface area (TPSA) is 0 Å². The normalized spacial score (nSPS) is 45.8. The molecule has 24 heavy (non-hydrogen) atoms. The summed E-state index contributed by atoms with van der Waals surface area (Å²) in [5, 5.41) is 0. The number of halogens is 2. The molecular weight excluding hydrogens is 302 g/mol. The highest BCUT2D eigenvalue weighted by molar-refractivity contribution is 4.88. The van der Waals surface area contributed by atoms with E-state index in [1.54, 1.807) is 0 Å². The lowest BCUT2D eigenvalue weighted by Gasteiger charge is -2.42. The highest BCUT2D eigenvalue weighted by Crippen LogP contribution is 2.46. The fraction of sp³-hybridized carbons (Fsp3) is 1.00. The molecule has 0 heterocycles. The van der Waals surface area contributed by atoms with Crippen molar-refractivity contribution in [1.82, 2.24) is 0 Å². The van der Waals surface area contributed by atoms with Gasteiger partial charge in [-0.2, -0.15) is 0 Å². The number of rotatable bonds is 4. The van der Waals surface area contributed by atoms with Crippen molar-refractivity contribution in [3.8, 4) is 0 Å². The summed E-state index contributed by atoms with van der Waals surface area (Å²) >= 11 is 0. The maximum Gasteiger partial charge on any atom is 0.131 e. The molecule has 3 aliphatic carbocycles. The number of alkyl halides is 2. The fourth-order valence-electron chi connectivity index (χ4n) is 6.19. The quantitative estimate of drug-likeness (QED) is 0.511. The molecule has 4 atom stereocenters. The van der Waals surface area contributed by atoms with Crippen LogP contribution in [0.1, 0.15) is 90.9 Å². The van der Waals surface area contributed by atoms with Crippen molar-refractivity contribution in [3.05, 3.63) is 0 Å². The van der Waals surface area contributed by atoms with Crippen molar-refractivity contribution in [3.63, 3.8) is 0 Å². The van der Waals surface area contributed by atoms with Crippen LogP contribution in [0.25, 0.3) is 0 Å². The van der Waals surface area contributed by atoms with Crippen LogP contribution in [-0.2, 0) is 0 Å². The van der Waals surface area contributed by atoms with Crippen LogP contribution in [0.5, 0.6) is 0 Å². The van der Waals surface area contributed by atoms with Crippen molar-refractivity contribution >= 4 is 0 Å². The molecule has 0 aromatic heterocycles. The Hall–Kier alpha value is -0.140. The van der Waals surface area contributed by atoms with Crippen LogP contribution in [0.15, 0.2) is 0 Å². The summed E-state index contributed by atoms with van der Waals surface area (Å²) in [5.74, 6) is 4.84. The van der Waals surface area contributed by atoms with Gasteiger partial charge in [0, 0.05) is 0 Å². The van der Waals surface area contributed by atoms with Crippen molar-refractivity contribution in [2.24, 2.45) is 35.5 Å². The standard InChI is InChI=1S/C22H38F2/c1-3-16-4-6-17(7-5-16)15(2)18-8-10-19(11-9-18)20-12-13-21(23)22(24)14-20/h15-22H,3-14H2,1-2H3. The van der Waals surface area contributed by atoms with Crippen molar-refractivity contribution in [1.29, 1.82) is 0 Å². The lowest BCUT2D eigenvalue weighted by atomic mass is 9.64. The first-order valence-electron chi connectivity index (χ1n) is 10.9. The number of hydrogen-bond donors (Lipinski definition) is 0. The first-order chi connectivity index (χ1) is 11.6. The molecule has 3 aliphatic rings. The second-order valence-electron chi connectivity index (χ2n) is 9.33. The molecule has 140 valence electrons. The highest BCUT2D eigenvalue weighted by atomic mass is 19.2. The molecule has 3 saturated carbocycles. The monoisotopic (exact) mass is 340 g/mol. The van der Waals surface area contributed by atoms with E-state index in [-0.39, 0.29) is 0 Å². The maximum atomic E-state index is 13.7. The molecule has 0 amide bonds. The van der Waals surface area contributed by atoms with Gasteiger partial charge in [0.25, 0.3) is 0 Å². The third-order valence-corrected chi connectivity index (χ3v) is 8.17. The Kier molecular flexibility index (Phi) is 6.60. The molecule has 0 N–H and O–H groups in total. The summed E-state index contributed by atoms with van der Waals surface area (Å²) in [4.78, 5) is 0. The zero-order valence-corrected chi connectivity index (χ0v) is 15.9. The van der Waals surface area contributed by atoms with Gasteiger partial charge in [0.05, 0.1) is 0 Å². The smallest absolute Gasteiger partial charge is 0.131 e. The van der Waals surface area contributed by atoms with E-state index in [0.29, 0.717) is 24.7 Å². The zero-order chi connectivity index (χ0) is 17.1. The summed E-state index contributed by atoms with van der Waals surface area (Å²) < 4.78 is 27.1. The Balaban J connectivity index is 1.43. The Morgan fingerprint density at radius 3 is 1.79 bits per heavy atom. The largest absolute Gasteiger partial charge is 0.244 e. The van der Waals surface area contributed by atoms with E-state index in [1.165, 1.54) is 57.8 Å². The molecular formula is C22H38F2. The third-order valence-electron chi connectivity index (χ3n) is 8.17.